The molecule has 0 spiro atoms. The molecule has 0 aliphatic heterocycles. The van der Waals surface area contributed by atoms with E-state index in [4.69, 9.17) is 18.0 Å². The molecule has 21 heavy (non-hydrogen) atoms. The van der Waals surface area contributed by atoms with Crippen LogP contribution in [0, 0.1) is 13.8 Å². The molecule has 0 aliphatic carbocycles. The lowest BCUT2D eigenvalue weighted by atomic mass is 10.1. The monoisotopic (exact) mass is 363 g/mol. The maximum absolute atomic E-state index is 5.84. The number of rotatable bonds is 4. The minimum atomic E-state index is 0.111. The topological polar surface area (TPSA) is 50.9 Å². The Hall–Kier alpha value is -1.46. The summed E-state index contributed by atoms with van der Waals surface area (Å²) < 4.78 is 1.06. The van der Waals surface area contributed by atoms with E-state index >= 15 is 0 Å². The van der Waals surface area contributed by atoms with Crippen molar-refractivity contribution in [2.45, 2.75) is 26.8 Å². The summed E-state index contributed by atoms with van der Waals surface area (Å²) in [6.45, 7) is 6.05. The standard InChI is InChI=1S/C16H18BrN3S/c1-9-8-10(2)19-16(14(9)15(18)21)20-11(3)12-4-6-13(17)7-5-12/h4-8,11H,1-3H3,(H2,18,21)(H,19,20). The van der Waals surface area contributed by atoms with Crippen molar-refractivity contribution in [3.05, 3.63) is 57.2 Å². The smallest absolute Gasteiger partial charge is 0.137 e. The SMILES string of the molecule is Cc1cc(C)c(C(N)=S)c(NC(C)c2ccc(Br)cc2)n1. The average Bonchev–Trinajstić information content (AvgIpc) is 2.37. The molecule has 3 N–H and O–H groups in total. The minimum absolute atomic E-state index is 0.111. The van der Waals surface area contributed by atoms with E-state index in [2.05, 4.69) is 45.3 Å². The maximum Gasteiger partial charge on any atom is 0.137 e. The van der Waals surface area contributed by atoms with Crippen LogP contribution in [-0.4, -0.2) is 9.97 Å². The molecular weight excluding hydrogens is 346 g/mol. The lowest BCUT2D eigenvalue weighted by Gasteiger charge is -2.19. The Morgan fingerprint density at radius 1 is 1.29 bits per heavy atom. The summed E-state index contributed by atoms with van der Waals surface area (Å²) in [5, 5.41) is 3.42. The predicted molar refractivity (Wildman–Crippen MR) is 95.8 cm³/mol. The number of hydrogen-bond donors (Lipinski definition) is 2. The summed E-state index contributed by atoms with van der Waals surface area (Å²) in [4.78, 5) is 4.92. The molecule has 0 radical (unpaired) electrons. The largest absolute Gasteiger partial charge is 0.389 e. The molecule has 1 atom stereocenters. The van der Waals surface area contributed by atoms with E-state index in [1.54, 1.807) is 0 Å². The van der Waals surface area contributed by atoms with Crippen molar-refractivity contribution in [2.75, 3.05) is 5.32 Å². The third-order valence-electron chi connectivity index (χ3n) is 3.31. The first kappa shape index (κ1) is 15.9. The van der Waals surface area contributed by atoms with Crippen molar-refractivity contribution in [1.29, 1.82) is 0 Å². The van der Waals surface area contributed by atoms with Crippen LogP contribution in [0.2, 0.25) is 0 Å². The number of hydrogen-bond acceptors (Lipinski definition) is 3. The number of pyridine rings is 1. The number of aryl methyl sites for hydroxylation is 2. The van der Waals surface area contributed by atoms with Crippen LogP contribution in [0.3, 0.4) is 0 Å². The van der Waals surface area contributed by atoms with Crippen molar-refractivity contribution < 1.29 is 0 Å². The van der Waals surface area contributed by atoms with Crippen LogP contribution in [-0.2, 0) is 0 Å². The zero-order valence-corrected chi connectivity index (χ0v) is 14.7. The highest BCUT2D eigenvalue weighted by atomic mass is 79.9. The average molecular weight is 364 g/mol. The van der Waals surface area contributed by atoms with Crippen molar-refractivity contribution in [2.24, 2.45) is 5.73 Å². The Morgan fingerprint density at radius 2 is 1.90 bits per heavy atom. The third-order valence-corrected chi connectivity index (χ3v) is 4.05. The molecule has 1 unspecified atom stereocenters. The van der Waals surface area contributed by atoms with E-state index in [9.17, 15) is 0 Å². The van der Waals surface area contributed by atoms with Gasteiger partial charge in [-0.25, -0.2) is 4.98 Å². The Bertz CT molecular complexity index is 668. The van der Waals surface area contributed by atoms with Crippen molar-refractivity contribution >= 4 is 39.0 Å². The maximum atomic E-state index is 5.84. The van der Waals surface area contributed by atoms with Gasteiger partial charge in [0.05, 0.1) is 5.56 Å². The molecule has 2 aromatic rings. The van der Waals surface area contributed by atoms with Crippen LogP contribution in [0.15, 0.2) is 34.8 Å². The number of thiocarbonyl (C=S) groups is 1. The van der Waals surface area contributed by atoms with Crippen LogP contribution in [0.4, 0.5) is 5.82 Å². The zero-order valence-electron chi connectivity index (χ0n) is 12.3. The number of halogens is 1. The van der Waals surface area contributed by atoms with Crippen molar-refractivity contribution in [3.8, 4) is 0 Å². The summed E-state index contributed by atoms with van der Waals surface area (Å²) in [7, 11) is 0. The van der Waals surface area contributed by atoms with Gasteiger partial charge in [-0.2, -0.15) is 0 Å². The lowest BCUT2D eigenvalue weighted by molar-refractivity contribution is 0.870. The molecule has 0 amide bonds. The molecule has 1 aromatic heterocycles. The van der Waals surface area contributed by atoms with E-state index < -0.39 is 0 Å². The first-order valence-corrected chi connectivity index (χ1v) is 7.88. The molecule has 2 rings (SSSR count). The van der Waals surface area contributed by atoms with Crippen LogP contribution in [0.5, 0.6) is 0 Å². The van der Waals surface area contributed by atoms with Gasteiger partial charge in [0.15, 0.2) is 0 Å². The molecular formula is C16H18BrN3S. The second-order valence-electron chi connectivity index (χ2n) is 5.09. The Kier molecular flexibility index (Phi) is 4.96. The molecule has 0 saturated carbocycles. The molecule has 110 valence electrons. The highest BCUT2D eigenvalue weighted by molar-refractivity contribution is 9.10. The number of nitrogens with one attached hydrogen (secondary N) is 1. The first-order chi connectivity index (χ1) is 9.88. The van der Waals surface area contributed by atoms with E-state index in [-0.39, 0.29) is 6.04 Å². The van der Waals surface area contributed by atoms with Crippen LogP contribution < -0.4 is 11.1 Å². The van der Waals surface area contributed by atoms with Gasteiger partial charge in [-0.3, -0.25) is 0 Å². The van der Waals surface area contributed by atoms with E-state index in [0.717, 1.165) is 27.1 Å². The third kappa shape index (κ3) is 3.80. The highest BCUT2D eigenvalue weighted by Gasteiger charge is 2.14. The zero-order chi connectivity index (χ0) is 15.6. The lowest BCUT2D eigenvalue weighted by Crippen LogP contribution is -2.18. The highest BCUT2D eigenvalue weighted by Crippen LogP contribution is 2.24. The van der Waals surface area contributed by atoms with E-state index in [1.165, 1.54) is 5.56 Å². The Morgan fingerprint density at radius 3 is 2.48 bits per heavy atom. The van der Waals surface area contributed by atoms with Gasteiger partial charge in [0, 0.05) is 16.2 Å². The normalized spacial score (nSPS) is 12.0. The summed E-state index contributed by atoms with van der Waals surface area (Å²) in [5.74, 6) is 0.746. The second-order valence-corrected chi connectivity index (χ2v) is 6.44. The van der Waals surface area contributed by atoms with Gasteiger partial charge in [-0.1, -0.05) is 40.3 Å². The quantitative estimate of drug-likeness (QED) is 0.796. The first-order valence-electron chi connectivity index (χ1n) is 6.68. The fourth-order valence-corrected chi connectivity index (χ4v) is 2.81. The number of anilines is 1. The number of benzene rings is 1. The van der Waals surface area contributed by atoms with Gasteiger partial charge < -0.3 is 11.1 Å². The molecule has 0 bridgehead atoms. The second kappa shape index (κ2) is 6.54. The van der Waals surface area contributed by atoms with Gasteiger partial charge in [0.2, 0.25) is 0 Å². The molecule has 0 fully saturated rings. The van der Waals surface area contributed by atoms with Crippen LogP contribution in [0.25, 0.3) is 0 Å². The van der Waals surface area contributed by atoms with E-state index in [0.29, 0.717) is 4.99 Å². The molecule has 0 aliphatic rings. The van der Waals surface area contributed by atoms with Crippen LogP contribution in [0.1, 0.15) is 35.3 Å². The molecule has 1 aromatic carbocycles. The van der Waals surface area contributed by atoms with Gasteiger partial charge in [-0.05, 0) is 50.1 Å². The van der Waals surface area contributed by atoms with Gasteiger partial charge >= 0.3 is 0 Å². The predicted octanol–water partition coefficient (Wildman–Crippen LogP) is 4.27. The van der Waals surface area contributed by atoms with Crippen LogP contribution >= 0.6 is 28.1 Å². The van der Waals surface area contributed by atoms with Gasteiger partial charge in [0.25, 0.3) is 0 Å². The summed E-state index contributed by atoms with van der Waals surface area (Å²) in [5.41, 5.74) is 9.82. The summed E-state index contributed by atoms with van der Waals surface area (Å²) in [6, 6.07) is 10.3. The molecule has 5 heteroatoms. The van der Waals surface area contributed by atoms with Crippen molar-refractivity contribution in [3.63, 3.8) is 0 Å². The number of aromatic nitrogens is 1. The minimum Gasteiger partial charge on any atom is -0.389 e. The molecule has 3 nitrogen and oxygen atoms in total. The summed E-state index contributed by atoms with van der Waals surface area (Å²) in [6.07, 6.45) is 0. The number of nitrogens with two attached hydrogens (primary N) is 1. The van der Waals surface area contributed by atoms with Gasteiger partial charge in [-0.15, -0.1) is 0 Å². The van der Waals surface area contributed by atoms with Crippen molar-refractivity contribution in [1.82, 2.24) is 4.98 Å². The van der Waals surface area contributed by atoms with Gasteiger partial charge in [0.1, 0.15) is 10.8 Å². The fraction of sp³-hybridized carbons (Fsp3) is 0.250. The summed E-state index contributed by atoms with van der Waals surface area (Å²) >= 11 is 8.60. The molecule has 1 heterocycles. The Labute approximate surface area is 139 Å². The molecule has 0 saturated heterocycles. The Balaban J connectivity index is 2.34. The number of nitrogens with zero attached hydrogens (tertiary/aromatic N) is 1. The fourth-order valence-electron chi connectivity index (χ4n) is 2.29. The van der Waals surface area contributed by atoms with E-state index in [1.807, 2.05) is 32.0 Å².